The molecule has 0 aliphatic carbocycles. The van der Waals surface area contributed by atoms with E-state index in [-0.39, 0.29) is 6.61 Å². The molecule has 0 fully saturated rings. The van der Waals surface area contributed by atoms with Crippen LogP contribution in [0.5, 0.6) is 0 Å². The molecule has 1 aromatic rings. The lowest BCUT2D eigenvalue weighted by atomic mass is 10.1. The molecule has 1 unspecified atom stereocenters. The van der Waals surface area contributed by atoms with Crippen molar-refractivity contribution in [2.45, 2.75) is 19.9 Å². The molecule has 0 radical (unpaired) electrons. The highest BCUT2D eigenvalue weighted by Gasteiger charge is 2.09. The molecule has 1 atom stereocenters. The average Bonchev–Trinajstić information content (AvgIpc) is 2.29. The Morgan fingerprint density at radius 3 is 2.71 bits per heavy atom. The number of aliphatic hydroxyl groups is 1. The van der Waals surface area contributed by atoms with Gasteiger partial charge < -0.3 is 15.3 Å². The minimum atomic E-state index is 0.127. The van der Waals surface area contributed by atoms with E-state index in [1.807, 2.05) is 24.1 Å². The van der Waals surface area contributed by atoms with Gasteiger partial charge >= 0.3 is 0 Å². The quantitative estimate of drug-likeness (QED) is 0.821. The van der Waals surface area contributed by atoms with Gasteiger partial charge in [0.05, 0.1) is 17.3 Å². The second-order valence-electron chi connectivity index (χ2n) is 4.14. The van der Waals surface area contributed by atoms with E-state index in [1.165, 1.54) is 5.56 Å². The molecule has 96 valence electrons. The first-order valence-corrected chi connectivity index (χ1v) is 6.32. The number of aliphatic hydroxyl groups excluding tert-OH is 1. The highest BCUT2D eigenvalue weighted by molar-refractivity contribution is 6.33. The third-order valence-corrected chi connectivity index (χ3v) is 3.13. The Hall–Kier alpha value is -0.770. The molecule has 0 spiro atoms. The van der Waals surface area contributed by atoms with Gasteiger partial charge in [-0.2, -0.15) is 0 Å². The van der Waals surface area contributed by atoms with Crippen LogP contribution in [0.1, 0.15) is 25.5 Å². The van der Waals surface area contributed by atoms with E-state index in [0.717, 1.165) is 17.3 Å². The van der Waals surface area contributed by atoms with Crippen LogP contribution >= 0.6 is 11.6 Å². The van der Waals surface area contributed by atoms with Crippen molar-refractivity contribution >= 4 is 17.3 Å². The molecule has 4 heteroatoms. The third kappa shape index (κ3) is 3.87. The number of nitrogens with one attached hydrogen (secondary N) is 1. The van der Waals surface area contributed by atoms with Crippen LogP contribution in [0.25, 0.3) is 0 Å². The van der Waals surface area contributed by atoms with Crippen LogP contribution in [0, 0.1) is 0 Å². The number of nitrogens with zero attached hydrogens (tertiary/aromatic N) is 1. The van der Waals surface area contributed by atoms with Crippen LogP contribution in [0.3, 0.4) is 0 Å². The van der Waals surface area contributed by atoms with Gasteiger partial charge in [-0.1, -0.05) is 24.6 Å². The molecule has 0 heterocycles. The van der Waals surface area contributed by atoms with E-state index in [1.54, 1.807) is 0 Å². The van der Waals surface area contributed by atoms with Crippen LogP contribution in [0.15, 0.2) is 18.2 Å². The largest absolute Gasteiger partial charge is 0.395 e. The SMILES string of the molecule is CCNC(C)c1ccc(N(C)CCO)c(Cl)c1. The Kier molecular flexibility index (Phi) is 5.75. The van der Waals surface area contributed by atoms with E-state index in [2.05, 4.69) is 25.2 Å². The number of hydrogen-bond donors (Lipinski definition) is 2. The molecule has 0 aromatic heterocycles. The average molecular weight is 257 g/mol. The molecule has 0 amide bonds. The second kappa shape index (κ2) is 6.84. The lowest BCUT2D eigenvalue weighted by Gasteiger charge is -2.21. The highest BCUT2D eigenvalue weighted by Crippen LogP contribution is 2.28. The number of anilines is 1. The maximum Gasteiger partial charge on any atom is 0.0642 e. The fourth-order valence-electron chi connectivity index (χ4n) is 1.80. The fraction of sp³-hybridized carbons (Fsp3) is 0.538. The van der Waals surface area contributed by atoms with Crippen molar-refractivity contribution in [1.29, 1.82) is 0 Å². The Morgan fingerprint density at radius 1 is 1.47 bits per heavy atom. The molecule has 1 rings (SSSR count). The van der Waals surface area contributed by atoms with Crippen molar-refractivity contribution in [3.63, 3.8) is 0 Å². The van der Waals surface area contributed by atoms with Crippen molar-refractivity contribution < 1.29 is 5.11 Å². The predicted octanol–water partition coefficient (Wildman–Crippen LogP) is 2.44. The van der Waals surface area contributed by atoms with E-state index < -0.39 is 0 Å². The van der Waals surface area contributed by atoms with Gasteiger partial charge in [0.15, 0.2) is 0 Å². The van der Waals surface area contributed by atoms with E-state index >= 15 is 0 Å². The molecule has 0 bridgehead atoms. The predicted molar refractivity (Wildman–Crippen MR) is 73.9 cm³/mol. The van der Waals surface area contributed by atoms with E-state index in [9.17, 15) is 0 Å². The summed E-state index contributed by atoms with van der Waals surface area (Å²) in [6.45, 7) is 5.85. The molecule has 17 heavy (non-hydrogen) atoms. The van der Waals surface area contributed by atoms with Gasteiger partial charge in [0, 0.05) is 19.6 Å². The number of benzene rings is 1. The topological polar surface area (TPSA) is 35.5 Å². The maximum atomic E-state index is 8.91. The van der Waals surface area contributed by atoms with Gasteiger partial charge in [0.25, 0.3) is 0 Å². The van der Waals surface area contributed by atoms with Crippen molar-refractivity contribution in [3.8, 4) is 0 Å². The molecular formula is C13H21ClN2O. The Labute approximate surface area is 108 Å². The molecule has 3 nitrogen and oxygen atoms in total. The van der Waals surface area contributed by atoms with Crippen molar-refractivity contribution in [3.05, 3.63) is 28.8 Å². The van der Waals surface area contributed by atoms with E-state index in [0.29, 0.717) is 12.6 Å². The monoisotopic (exact) mass is 256 g/mol. The summed E-state index contributed by atoms with van der Waals surface area (Å²) in [6.07, 6.45) is 0. The number of rotatable bonds is 6. The van der Waals surface area contributed by atoms with Gasteiger partial charge in [-0.3, -0.25) is 0 Å². The summed E-state index contributed by atoms with van der Waals surface area (Å²) in [5.74, 6) is 0. The van der Waals surface area contributed by atoms with Crippen molar-refractivity contribution in [1.82, 2.24) is 5.32 Å². The summed E-state index contributed by atoms with van der Waals surface area (Å²) < 4.78 is 0. The standard InChI is InChI=1S/C13H21ClN2O/c1-4-15-10(2)11-5-6-13(12(14)9-11)16(3)7-8-17/h5-6,9-10,15,17H,4,7-8H2,1-3H3. The first-order chi connectivity index (χ1) is 8.10. The Morgan fingerprint density at radius 2 is 2.18 bits per heavy atom. The van der Waals surface area contributed by atoms with Gasteiger partial charge in [0.1, 0.15) is 0 Å². The summed E-state index contributed by atoms with van der Waals surface area (Å²) in [5, 5.41) is 13.0. The minimum Gasteiger partial charge on any atom is -0.395 e. The van der Waals surface area contributed by atoms with Gasteiger partial charge in [0.2, 0.25) is 0 Å². The van der Waals surface area contributed by atoms with Crippen molar-refractivity contribution in [2.24, 2.45) is 0 Å². The lowest BCUT2D eigenvalue weighted by Crippen LogP contribution is -2.22. The summed E-state index contributed by atoms with van der Waals surface area (Å²) in [5.41, 5.74) is 2.13. The summed E-state index contributed by atoms with van der Waals surface area (Å²) >= 11 is 6.25. The van der Waals surface area contributed by atoms with Crippen molar-refractivity contribution in [2.75, 3.05) is 31.6 Å². The summed E-state index contributed by atoms with van der Waals surface area (Å²) in [7, 11) is 1.92. The van der Waals surface area contributed by atoms with Gasteiger partial charge in [-0.25, -0.2) is 0 Å². The zero-order valence-electron chi connectivity index (χ0n) is 10.7. The second-order valence-corrected chi connectivity index (χ2v) is 4.54. The molecule has 0 saturated heterocycles. The van der Waals surface area contributed by atoms with Crippen LogP contribution < -0.4 is 10.2 Å². The summed E-state index contributed by atoms with van der Waals surface area (Å²) in [4.78, 5) is 1.95. The zero-order chi connectivity index (χ0) is 12.8. The number of halogens is 1. The first-order valence-electron chi connectivity index (χ1n) is 5.95. The van der Waals surface area contributed by atoms with Gasteiger partial charge in [-0.05, 0) is 31.2 Å². The van der Waals surface area contributed by atoms with Crippen LogP contribution in [0.4, 0.5) is 5.69 Å². The third-order valence-electron chi connectivity index (χ3n) is 2.83. The molecule has 1 aromatic carbocycles. The Bertz CT molecular complexity index is 357. The lowest BCUT2D eigenvalue weighted by molar-refractivity contribution is 0.304. The molecular weight excluding hydrogens is 236 g/mol. The molecule has 0 aliphatic heterocycles. The molecule has 2 N–H and O–H groups in total. The fourth-order valence-corrected chi connectivity index (χ4v) is 2.13. The minimum absolute atomic E-state index is 0.127. The highest BCUT2D eigenvalue weighted by atomic mass is 35.5. The van der Waals surface area contributed by atoms with Crippen LogP contribution in [-0.4, -0.2) is 31.9 Å². The first kappa shape index (κ1) is 14.3. The molecule has 0 saturated carbocycles. The maximum absolute atomic E-state index is 8.91. The smallest absolute Gasteiger partial charge is 0.0642 e. The van der Waals surface area contributed by atoms with Gasteiger partial charge in [-0.15, -0.1) is 0 Å². The van der Waals surface area contributed by atoms with Crippen LogP contribution in [0.2, 0.25) is 5.02 Å². The normalized spacial score (nSPS) is 12.5. The number of hydrogen-bond acceptors (Lipinski definition) is 3. The summed E-state index contributed by atoms with van der Waals surface area (Å²) in [6, 6.07) is 6.36. The van der Waals surface area contributed by atoms with E-state index in [4.69, 9.17) is 16.7 Å². The molecule has 0 aliphatic rings. The number of likely N-dealkylation sites (N-methyl/N-ethyl adjacent to an activating group) is 1. The van der Waals surface area contributed by atoms with Crippen LogP contribution in [-0.2, 0) is 0 Å². The Balaban J connectivity index is 2.85. The zero-order valence-corrected chi connectivity index (χ0v) is 11.5.